The summed E-state index contributed by atoms with van der Waals surface area (Å²) >= 11 is 4.52. The Hall–Kier alpha value is -1.25. The van der Waals surface area contributed by atoms with Crippen LogP contribution in [0.4, 0.5) is 5.13 Å². The topological polar surface area (TPSA) is 64.1 Å². The predicted octanol–water partition coefficient (Wildman–Crippen LogP) is 4.17. The molecule has 23 heavy (non-hydrogen) atoms. The van der Waals surface area contributed by atoms with Crippen molar-refractivity contribution in [2.24, 2.45) is 0 Å². The second kappa shape index (κ2) is 9.14. The number of thioether (sulfide) groups is 2. The summed E-state index contributed by atoms with van der Waals surface area (Å²) in [5, 5.41) is 11.3. The zero-order chi connectivity index (χ0) is 16.7. The largest absolute Gasteiger partial charge is 0.496 e. The smallest absolute Gasteiger partial charge is 0.239 e. The van der Waals surface area contributed by atoms with Gasteiger partial charge in [0.15, 0.2) is 4.34 Å². The Morgan fingerprint density at radius 3 is 2.83 bits per heavy atom. The van der Waals surface area contributed by atoms with Gasteiger partial charge in [-0.3, -0.25) is 10.1 Å². The number of ether oxygens (including phenoxy) is 1. The average molecular weight is 370 g/mol. The van der Waals surface area contributed by atoms with Crippen molar-refractivity contribution in [3.63, 3.8) is 0 Å². The number of amides is 1. The zero-order valence-electron chi connectivity index (χ0n) is 13.2. The van der Waals surface area contributed by atoms with E-state index in [9.17, 15) is 4.79 Å². The van der Waals surface area contributed by atoms with Crippen LogP contribution in [0.25, 0.3) is 0 Å². The summed E-state index contributed by atoms with van der Waals surface area (Å²) in [5.41, 5.74) is 0. The summed E-state index contributed by atoms with van der Waals surface area (Å²) in [5.74, 6) is 1.65. The first-order chi connectivity index (χ1) is 11.2. The zero-order valence-corrected chi connectivity index (χ0v) is 15.7. The first-order valence-corrected chi connectivity index (χ1v) is 9.92. The molecule has 8 heteroatoms. The van der Waals surface area contributed by atoms with Gasteiger partial charge in [-0.15, -0.1) is 22.0 Å². The Morgan fingerprint density at radius 1 is 1.35 bits per heavy atom. The molecular weight excluding hydrogens is 350 g/mol. The SMILES string of the molecule is CCSc1nnc(NC(=O)C(CC)Sc2ccccc2OC)s1. The molecule has 0 bridgehead atoms. The number of rotatable bonds is 8. The molecular formula is C15H19N3O2S3. The summed E-state index contributed by atoms with van der Waals surface area (Å²) in [6.45, 7) is 4.05. The van der Waals surface area contributed by atoms with E-state index in [1.807, 2.05) is 31.2 Å². The highest BCUT2D eigenvalue weighted by Gasteiger charge is 2.21. The maximum absolute atomic E-state index is 12.5. The molecule has 0 radical (unpaired) electrons. The van der Waals surface area contributed by atoms with Gasteiger partial charge in [-0.05, 0) is 24.3 Å². The molecule has 1 N–H and O–H groups in total. The number of carbonyl (C=O) groups excluding carboxylic acids is 1. The monoisotopic (exact) mass is 369 g/mol. The molecule has 2 rings (SSSR count). The van der Waals surface area contributed by atoms with E-state index in [1.54, 1.807) is 18.9 Å². The van der Waals surface area contributed by atoms with Gasteiger partial charge >= 0.3 is 0 Å². The molecule has 1 unspecified atom stereocenters. The summed E-state index contributed by atoms with van der Waals surface area (Å²) in [6, 6.07) is 7.71. The van der Waals surface area contributed by atoms with Crippen molar-refractivity contribution in [2.45, 2.75) is 34.8 Å². The third-order valence-electron chi connectivity index (χ3n) is 2.91. The lowest BCUT2D eigenvalue weighted by Gasteiger charge is -2.15. The minimum atomic E-state index is -0.211. The molecule has 1 aromatic carbocycles. The van der Waals surface area contributed by atoms with Crippen LogP contribution in [0.5, 0.6) is 5.75 Å². The number of aromatic nitrogens is 2. The van der Waals surface area contributed by atoms with Crippen molar-refractivity contribution in [3.05, 3.63) is 24.3 Å². The van der Waals surface area contributed by atoms with Gasteiger partial charge in [0.25, 0.3) is 0 Å². The third kappa shape index (κ3) is 5.12. The molecule has 1 heterocycles. The van der Waals surface area contributed by atoms with Crippen molar-refractivity contribution in [3.8, 4) is 5.75 Å². The van der Waals surface area contributed by atoms with E-state index in [0.29, 0.717) is 11.6 Å². The fourth-order valence-corrected chi connectivity index (χ4v) is 4.54. The van der Waals surface area contributed by atoms with Crippen LogP contribution in [0.15, 0.2) is 33.5 Å². The van der Waals surface area contributed by atoms with Gasteiger partial charge in [-0.2, -0.15) is 0 Å². The standard InChI is InChI=1S/C15H19N3O2S3/c1-4-11(22-12-9-7-6-8-10(12)20-3)13(19)16-14-17-18-15(23-14)21-5-2/h6-9,11H,4-5H2,1-3H3,(H,16,17,19). The minimum absolute atomic E-state index is 0.0624. The molecule has 1 atom stereocenters. The van der Waals surface area contributed by atoms with Crippen molar-refractivity contribution in [1.29, 1.82) is 0 Å². The van der Waals surface area contributed by atoms with Crippen LogP contribution in [0.1, 0.15) is 20.3 Å². The number of para-hydroxylation sites is 1. The van der Waals surface area contributed by atoms with Crippen LogP contribution < -0.4 is 10.1 Å². The van der Waals surface area contributed by atoms with Gasteiger partial charge in [0, 0.05) is 0 Å². The van der Waals surface area contributed by atoms with Crippen molar-refractivity contribution in [1.82, 2.24) is 10.2 Å². The Bertz CT molecular complexity index is 648. The number of hydrogen-bond donors (Lipinski definition) is 1. The number of carbonyl (C=O) groups is 1. The maximum atomic E-state index is 12.5. The lowest BCUT2D eigenvalue weighted by atomic mass is 10.3. The normalized spacial score (nSPS) is 12.0. The highest BCUT2D eigenvalue weighted by Crippen LogP contribution is 2.34. The molecule has 1 amide bonds. The van der Waals surface area contributed by atoms with E-state index in [2.05, 4.69) is 22.4 Å². The van der Waals surface area contributed by atoms with Crippen molar-refractivity contribution < 1.29 is 9.53 Å². The van der Waals surface area contributed by atoms with E-state index >= 15 is 0 Å². The van der Waals surface area contributed by atoms with Gasteiger partial charge in [-0.25, -0.2) is 0 Å². The maximum Gasteiger partial charge on any atom is 0.239 e. The van der Waals surface area contributed by atoms with Gasteiger partial charge in [0.2, 0.25) is 11.0 Å². The Labute approximate surface area is 148 Å². The molecule has 124 valence electrons. The molecule has 0 saturated heterocycles. The first-order valence-electron chi connectivity index (χ1n) is 7.24. The van der Waals surface area contributed by atoms with Gasteiger partial charge in [0.1, 0.15) is 5.75 Å². The van der Waals surface area contributed by atoms with Crippen LogP contribution in [-0.2, 0) is 4.79 Å². The van der Waals surface area contributed by atoms with Crippen LogP contribution >= 0.6 is 34.9 Å². The number of nitrogens with zero attached hydrogens (tertiary/aromatic N) is 2. The molecule has 5 nitrogen and oxygen atoms in total. The van der Waals surface area contributed by atoms with Gasteiger partial charge < -0.3 is 4.74 Å². The fraction of sp³-hybridized carbons (Fsp3) is 0.400. The van der Waals surface area contributed by atoms with E-state index in [1.165, 1.54) is 23.1 Å². The second-order valence-electron chi connectivity index (χ2n) is 4.46. The number of methoxy groups -OCH3 is 1. The molecule has 2 aromatic rings. The first kappa shape index (κ1) is 18.1. The molecule has 0 fully saturated rings. The summed E-state index contributed by atoms with van der Waals surface area (Å²) < 4.78 is 6.21. The number of anilines is 1. The summed E-state index contributed by atoms with van der Waals surface area (Å²) in [7, 11) is 1.63. The number of nitrogens with one attached hydrogen (secondary N) is 1. The van der Waals surface area contributed by atoms with Gasteiger partial charge in [0.05, 0.1) is 17.3 Å². The molecule has 0 aliphatic rings. The minimum Gasteiger partial charge on any atom is -0.496 e. The molecule has 1 aromatic heterocycles. The predicted molar refractivity (Wildman–Crippen MR) is 97.9 cm³/mol. The average Bonchev–Trinajstić information content (AvgIpc) is 3.00. The van der Waals surface area contributed by atoms with Crippen molar-refractivity contribution >= 4 is 45.9 Å². The van der Waals surface area contributed by atoms with Crippen LogP contribution in [-0.4, -0.2) is 34.2 Å². The fourth-order valence-electron chi connectivity index (χ4n) is 1.82. The number of hydrogen-bond acceptors (Lipinski definition) is 7. The lowest BCUT2D eigenvalue weighted by Crippen LogP contribution is -2.24. The molecule has 0 spiro atoms. The Balaban J connectivity index is 2.03. The van der Waals surface area contributed by atoms with E-state index in [4.69, 9.17) is 4.74 Å². The van der Waals surface area contributed by atoms with Crippen LogP contribution in [0, 0.1) is 0 Å². The molecule has 0 saturated carbocycles. The van der Waals surface area contributed by atoms with E-state index in [0.717, 1.165) is 20.7 Å². The van der Waals surface area contributed by atoms with E-state index in [-0.39, 0.29) is 11.2 Å². The second-order valence-corrected chi connectivity index (χ2v) is 8.19. The highest BCUT2D eigenvalue weighted by atomic mass is 32.2. The lowest BCUT2D eigenvalue weighted by molar-refractivity contribution is -0.115. The van der Waals surface area contributed by atoms with E-state index < -0.39 is 0 Å². The number of benzene rings is 1. The van der Waals surface area contributed by atoms with Crippen molar-refractivity contribution in [2.75, 3.05) is 18.2 Å². The highest BCUT2D eigenvalue weighted by molar-refractivity contribution is 8.01. The summed E-state index contributed by atoms with van der Waals surface area (Å²) in [4.78, 5) is 13.4. The third-order valence-corrected chi connectivity index (χ3v) is 6.18. The Morgan fingerprint density at radius 2 is 2.13 bits per heavy atom. The summed E-state index contributed by atoms with van der Waals surface area (Å²) in [6.07, 6.45) is 0.712. The molecule has 0 aliphatic carbocycles. The Kier molecular flexibility index (Phi) is 7.19. The van der Waals surface area contributed by atoms with Crippen LogP contribution in [0.3, 0.4) is 0 Å². The quantitative estimate of drug-likeness (QED) is 0.556. The van der Waals surface area contributed by atoms with Gasteiger partial charge in [-0.1, -0.05) is 49.1 Å². The molecule has 0 aliphatic heterocycles. The van der Waals surface area contributed by atoms with Crippen LogP contribution in [0.2, 0.25) is 0 Å².